The Hall–Kier alpha value is -1.79. The highest BCUT2D eigenvalue weighted by atomic mass is 16.5. The predicted octanol–water partition coefficient (Wildman–Crippen LogP) is 1.08. The molecule has 1 rings (SSSR count). The fourth-order valence-electron chi connectivity index (χ4n) is 2.65. The minimum Gasteiger partial charge on any atom is -0.467 e. The van der Waals surface area contributed by atoms with Gasteiger partial charge in [0.15, 0.2) is 0 Å². The molecule has 0 radical (unpaired) electrons. The van der Waals surface area contributed by atoms with Gasteiger partial charge in [0.25, 0.3) is 0 Å². The van der Waals surface area contributed by atoms with Crippen LogP contribution in [0.4, 0.5) is 4.79 Å². The molecule has 1 aliphatic heterocycles. The second-order valence-corrected chi connectivity index (χ2v) is 7.29. The van der Waals surface area contributed by atoms with Gasteiger partial charge in [-0.1, -0.05) is 20.8 Å². The van der Waals surface area contributed by atoms with Crippen molar-refractivity contribution in [2.75, 3.05) is 34.3 Å². The minimum atomic E-state index is -0.708. The molecular weight excluding hydrogens is 298 g/mol. The molecule has 23 heavy (non-hydrogen) atoms. The van der Waals surface area contributed by atoms with Crippen molar-refractivity contribution in [1.82, 2.24) is 15.1 Å². The number of nitrogens with one attached hydrogen (secondary N) is 1. The number of carbonyl (C=O) groups is 3. The highest BCUT2D eigenvalue weighted by Crippen LogP contribution is 2.23. The van der Waals surface area contributed by atoms with Gasteiger partial charge in [-0.15, -0.1) is 0 Å². The Kier molecular flexibility index (Phi) is 6.41. The molecule has 7 nitrogen and oxygen atoms in total. The number of hydrogen-bond acceptors (Lipinski definition) is 4. The molecule has 0 spiro atoms. The van der Waals surface area contributed by atoms with Gasteiger partial charge < -0.3 is 19.9 Å². The van der Waals surface area contributed by atoms with E-state index >= 15 is 0 Å². The topological polar surface area (TPSA) is 79.0 Å². The summed E-state index contributed by atoms with van der Waals surface area (Å²) < 4.78 is 4.79. The lowest BCUT2D eigenvalue weighted by Crippen LogP contribution is -2.54. The Balaban J connectivity index is 2.76. The van der Waals surface area contributed by atoms with E-state index in [0.29, 0.717) is 19.5 Å². The molecule has 1 heterocycles. The molecule has 2 atom stereocenters. The van der Waals surface area contributed by atoms with Crippen LogP contribution in [0.25, 0.3) is 0 Å². The fourth-order valence-corrected chi connectivity index (χ4v) is 2.65. The van der Waals surface area contributed by atoms with Crippen molar-refractivity contribution in [3.63, 3.8) is 0 Å². The van der Waals surface area contributed by atoms with Crippen LogP contribution < -0.4 is 5.32 Å². The zero-order valence-corrected chi connectivity index (χ0v) is 15.0. The highest BCUT2D eigenvalue weighted by molar-refractivity contribution is 5.87. The molecule has 132 valence electrons. The Morgan fingerprint density at radius 1 is 1.26 bits per heavy atom. The van der Waals surface area contributed by atoms with Crippen molar-refractivity contribution in [2.45, 2.75) is 39.7 Å². The largest absolute Gasteiger partial charge is 0.467 e. The monoisotopic (exact) mass is 327 g/mol. The van der Waals surface area contributed by atoms with Crippen LogP contribution in [-0.4, -0.2) is 68.0 Å². The van der Waals surface area contributed by atoms with Crippen LogP contribution in [0.2, 0.25) is 0 Å². The maximum absolute atomic E-state index is 12.5. The van der Waals surface area contributed by atoms with E-state index in [0.717, 1.165) is 6.42 Å². The third-order valence-electron chi connectivity index (χ3n) is 4.03. The van der Waals surface area contributed by atoms with Crippen LogP contribution in [0, 0.1) is 11.3 Å². The van der Waals surface area contributed by atoms with Gasteiger partial charge in [0.05, 0.1) is 13.0 Å². The van der Waals surface area contributed by atoms with E-state index in [4.69, 9.17) is 4.74 Å². The van der Waals surface area contributed by atoms with Gasteiger partial charge in [0.1, 0.15) is 6.04 Å². The first kappa shape index (κ1) is 19.3. The molecule has 0 aromatic carbocycles. The molecule has 1 fully saturated rings. The van der Waals surface area contributed by atoms with E-state index in [9.17, 15) is 14.4 Å². The van der Waals surface area contributed by atoms with Crippen LogP contribution in [0.5, 0.6) is 0 Å². The number of hydrogen-bond donors (Lipinski definition) is 1. The molecule has 0 aromatic heterocycles. The maximum atomic E-state index is 12.5. The van der Waals surface area contributed by atoms with Crippen LogP contribution >= 0.6 is 0 Å². The van der Waals surface area contributed by atoms with Crippen LogP contribution in [-0.2, 0) is 14.3 Å². The van der Waals surface area contributed by atoms with E-state index < -0.39 is 17.4 Å². The first-order valence-corrected chi connectivity index (χ1v) is 7.92. The van der Waals surface area contributed by atoms with Crippen molar-refractivity contribution >= 4 is 17.9 Å². The first-order chi connectivity index (χ1) is 10.6. The Bertz CT molecular complexity index is 457. The van der Waals surface area contributed by atoms with Crippen LogP contribution in [0.1, 0.15) is 33.6 Å². The van der Waals surface area contributed by atoms with Gasteiger partial charge in [-0.05, 0) is 18.3 Å². The number of urea groups is 1. The molecule has 0 saturated carbocycles. The third kappa shape index (κ3) is 5.11. The van der Waals surface area contributed by atoms with Gasteiger partial charge in [-0.3, -0.25) is 4.79 Å². The molecule has 7 heteroatoms. The number of esters is 1. The summed E-state index contributed by atoms with van der Waals surface area (Å²) in [6, 6.07) is -0.803. The normalized spacial score (nSPS) is 19.7. The van der Waals surface area contributed by atoms with E-state index in [-0.39, 0.29) is 17.9 Å². The van der Waals surface area contributed by atoms with Crippen molar-refractivity contribution in [2.24, 2.45) is 11.3 Å². The number of rotatable bonds is 3. The third-order valence-corrected chi connectivity index (χ3v) is 4.03. The predicted molar refractivity (Wildman–Crippen MR) is 86.8 cm³/mol. The number of ether oxygens (including phenoxy) is 1. The summed E-state index contributed by atoms with van der Waals surface area (Å²) in [4.78, 5) is 39.7. The second kappa shape index (κ2) is 7.66. The molecule has 1 aliphatic rings. The number of carbonyl (C=O) groups excluding carboxylic acids is 3. The summed E-state index contributed by atoms with van der Waals surface area (Å²) in [6.07, 6.45) is 1.48. The lowest BCUT2D eigenvalue weighted by molar-refractivity contribution is -0.149. The van der Waals surface area contributed by atoms with Crippen molar-refractivity contribution < 1.29 is 19.1 Å². The zero-order valence-electron chi connectivity index (χ0n) is 15.0. The average Bonchev–Trinajstić information content (AvgIpc) is 2.49. The van der Waals surface area contributed by atoms with E-state index in [2.05, 4.69) is 5.32 Å². The van der Waals surface area contributed by atoms with Crippen molar-refractivity contribution in [1.29, 1.82) is 0 Å². The van der Waals surface area contributed by atoms with E-state index in [1.165, 1.54) is 12.0 Å². The van der Waals surface area contributed by atoms with Gasteiger partial charge in [-0.2, -0.15) is 0 Å². The molecule has 0 aromatic rings. The zero-order chi connectivity index (χ0) is 17.8. The molecule has 3 amide bonds. The summed E-state index contributed by atoms with van der Waals surface area (Å²) in [5.74, 6) is -0.961. The number of methoxy groups -OCH3 is 1. The number of nitrogens with zero attached hydrogens (tertiary/aromatic N) is 2. The summed E-state index contributed by atoms with van der Waals surface area (Å²) in [5.41, 5.74) is -0.448. The maximum Gasteiger partial charge on any atom is 0.328 e. The Labute approximate surface area is 138 Å². The van der Waals surface area contributed by atoms with E-state index in [1.54, 1.807) is 19.0 Å². The van der Waals surface area contributed by atoms with Gasteiger partial charge >= 0.3 is 12.0 Å². The first-order valence-electron chi connectivity index (χ1n) is 7.92. The summed E-state index contributed by atoms with van der Waals surface area (Å²) >= 11 is 0. The Morgan fingerprint density at radius 3 is 2.35 bits per heavy atom. The van der Waals surface area contributed by atoms with Gasteiger partial charge in [-0.25, -0.2) is 9.59 Å². The lowest BCUT2D eigenvalue weighted by atomic mass is 9.86. The average molecular weight is 327 g/mol. The fraction of sp³-hybridized carbons (Fsp3) is 0.812. The molecular formula is C16H29N3O4. The molecule has 1 saturated heterocycles. The molecule has 1 N–H and O–H groups in total. The quantitative estimate of drug-likeness (QED) is 0.787. The van der Waals surface area contributed by atoms with Crippen LogP contribution in [0.3, 0.4) is 0 Å². The van der Waals surface area contributed by atoms with Gasteiger partial charge in [0, 0.05) is 27.2 Å². The van der Waals surface area contributed by atoms with E-state index in [1.807, 2.05) is 20.8 Å². The molecule has 0 unspecified atom stereocenters. The molecule has 0 aliphatic carbocycles. The van der Waals surface area contributed by atoms with Crippen molar-refractivity contribution in [3.05, 3.63) is 0 Å². The minimum absolute atomic E-state index is 0.0946. The molecule has 0 bridgehead atoms. The number of piperidine rings is 1. The lowest BCUT2D eigenvalue weighted by Gasteiger charge is -2.35. The Morgan fingerprint density at radius 2 is 1.87 bits per heavy atom. The highest BCUT2D eigenvalue weighted by Gasteiger charge is 2.36. The van der Waals surface area contributed by atoms with Crippen LogP contribution in [0.15, 0.2) is 0 Å². The van der Waals surface area contributed by atoms with Gasteiger partial charge in [0.2, 0.25) is 5.91 Å². The SMILES string of the molecule is COC(=O)[C@@H](NC(=O)[C@H]1CCCN(C(=O)N(C)C)C1)C(C)(C)C. The second-order valence-electron chi connectivity index (χ2n) is 7.29. The summed E-state index contributed by atoms with van der Waals surface area (Å²) in [5, 5.41) is 2.80. The standard InChI is InChI=1S/C16H29N3O4/c1-16(2,3)12(14(21)23-6)17-13(20)11-8-7-9-19(10-11)15(22)18(4)5/h11-12H,7-10H2,1-6H3,(H,17,20)/t11-,12+/m0/s1. The summed E-state index contributed by atoms with van der Waals surface area (Å²) in [6.45, 7) is 6.65. The summed E-state index contributed by atoms with van der Waals surface area (Å²) in [7, 11) is 4.70. The number of amides is 3. The van der Waals surface area contributed by atoms with Crippen molar-refractivity contribution in [3.8, 4) is 0 Å². The number of likely N-dealkylation sites (tertiary alicyclic amines) is 1. The smallest absolute Gasteiger partial charge is 0.328 e.